The fourth-order valence-electron chi connectivity index (χ4n) is 2.90. The first-order valence-corrected chi connectivity index (χ1v) is 8.24. The molecule has 0 spiro atoms. The van der Waals surface area contributed by atoms with Crippen molar-refractivity contribution >= 4 is 11.7 Å². The van der Waals surface area contributed by atoms with Gasteiger partial charge in [-0.15, -0.1) is 0 Å². The first kappa shape index (κ1) is 15.8. The van der Waals surface area contributed by atoms with Crippen molar-refractivity contribution in [1.82, 2.24) is 9.88 Å². The largest absolute Gasteiger partial charge is 0.370 e. The zero-order valence-corrected chi connectivity index (χ0v) is 13.3. The van der Waals surface area contributed by atoms with E-state index in [0.29, 0.717) is 5.69 Å². The van der Waals surface area contributed by atoms with Crippen molar-refractivity contribution in [3.8, 4) is 0 Å². The minimum atomic E-state index is 0.0742. The van der Waals surface area contributed by atoms with Crippen molar-refractivity contribution in [1.29, 1.82) is 0 Å². The second-order valence-corrected chi connectivity index (χ2v) is 5.86. The molecule has 0 saturated carbocycles. The molecule has 1 aliphatic rings. The maximum absolute atomic E-state index is 12.5. The number of hydrogen-bond donors (Lipinski definition) is 1. The van der Waals surface area contributed by atoms with Crippen LogP contribution in [0.25, 0.3) is 0 Å². The summed E-state index contributed by atoms with van der Waals surface area (Å²) in [4.78, 5) is 18.9. The third kappa shape index (κ3) is 4.45. The molecule has 0 aromatic carbocycles. The molecule has 0 aliphatic carbocycles. The monoisotopic (exact) mass is 289 g/mol. The van der Waals surface area contributed by atoms with Crippen molar-refractivity contribution in [3.63, 3.8) is 0 Å². The summed E-state index contributed by atoms with van der Waals surface area (Å²) in [5.41, 5.74) is 0.560. The number of aromatic nitrogens is 1. The van der Waals surface area contributed by atoms with Crippen LogP contribution >= 0.6 is 0 Å². The number of rotatable bonds is 6. The van der Waals surface area contributed by atoms with E-state index in [-0.39, 0.29) is 5.91 Å². The lowest BCUT2D eigenvalue weighted by Gasteiger charge is -2.31. The summed E-state index contributed by atoms with van der Waals surface area (Å²) in [5, 5.41) is 3.23. The number of pyridine rings is 1. The van der Waals surface area contributed by atoms with E-state index >= 15 is 0 Å². The lowest BCUT2D eigenvalue weighted by Crippen LogP contribution is -2.38. The molecule has 1 aromatic heterocycles. The van der Waals surface area contributed by atoms with Gasteiger partial charge in [-0.05, 0) is 37.3 Å². The summed E-state index contributed by atoms with van der Waals surface area (Å²) < 4.78 is 0. The van der Waals surface area contributed by atoms with Crippen molar-refractivity contribution in [2.24, 2.45) is 5.92 Å². The predicted octanol–water partition coefficient (Wildman–Crippen LogP) is 3.56. The van der Waals surface area contributed by atoms with Gasteiger partial charge >= 0.3 is 0 Å². The fourth-order valence-corrected chi connectivity index (χ4v) is 2.90. The molecule has 0 unspecified atom stereocenters. The molecule has 4 nitrogen and oxygen atoms in total. The second kappa shape index (κ2) is 8.01. The average Bonchev–Trinajstić information content (AvgIpc) is 2.53. The standard InChI is InChI=1S/C17H27N3O/c1-3-6-14-9-12-20(13-10-14)17(21)15-7-5-8-16(19-15)18-11-4-2/h5,7-8,14H,3-4,6,9-13H2,1-2H3,(H,18,19). The minimum Gasteiger partial charge on any atom is -0.370 e. The van der Waals surface area contributed by atoms with Crippen LogP contribution in [0.3, 0.4) is 0 Å². The van der Waals surface area contributed by atoms with Crippen molar-refractivity contribution in [2.75, 3.05) is 25.0 Å². The van der Waals surface area contributed by atoms with Gasteiger partial charge in [-0.25, -0.2) is 4.98 Å². The van der Waals surface area contributed by atoms with E-state index in [0.717, 1.165) is 50.6 Å². The number of nitrogens with zero attached hydrogens (tertiary/aromatic N) is 2. The Morgan fingerprint density at radius 3 is 2.71 bits per heavy atom. The van der Waals surface area contributed by atoms with Gasteiger partial charge in [0.15, 0.2) is 0 Å². The molecule has 1 saturated heterocycles. The highest BCUT2D eigenvalue weighted by atomic mass is 16.2. The van der Waals surface area contributed by atoms with E-state index < -0.39 is 0 Å². The number of hydrogen-bond acceptors (Lipinski definition) is 3. The highest BCUT2D eigenvalue weighted by Gasteiger charge is 2.23. The molecular formula is C17H27N3O. The zero-order valence-electron chi connectivity index (χ0n) is 13.3. The van der Waals surface area contributed by atoms with Gasteiger partial charge in [0.25, 0.3) is 5.91 Å². The number of likely N-dealkylation sites (tertiary alicyclic amines) is 1. The van der Waals surface area contributed by atoms with E-state index in [1.807, 2.05) is 23.1 Å². The molecule has 1 fully saturated rings. The normalized spacial score (nSPS) is 16.0. The first-order valence-electron chi connectivity index (χ1n) is 8.24. The summed E-state index contributed by atoms with van der Waals surface area (Å²) in [6, 6.07) is 5.64. The highest BCUT2D eigenvalue weighted by Crippen LogP contribution is 2.22. The molecule has 1 aliphatic heterocycles. The van der Waals surface area contributed by atoms with Gasteiger partial charge in [0.1, 0.15) is 11.5 Å². The Labute approximate surface area is 127 Å². The van der Waals surface area contributed by atoms with Crippen LogP contribution in [0.4, 0.5) is 5.82 Å². The van der Waals surface area contributed by atoms with Gasteiger partial charge in [0.2, 0.25) is 0 Å². The molecule has 1 N–H and O–H groups in total. The molecule has 21 heavy (non-hydrogen) atoms. The van der Waals surface area contributed by atoms with Gasteiger partial charge in [0.05, 0.1) is 0 Å². The number of anilines is 1. The van der Waals surface area contributed by atoms with Crippen LogP contribution in [0.2, 0.25) is 0 Å². The SMILES string of the molecule is CCCNc1cccc(C(=O)N2CCC(CCC)CC2)n1. The van der Waals surface area contributed by atoms with Gasteiger partial charge in [-0.3, -0.25) is 4.79 Å². The van der Waals surface area contributed by atoms with Crippen LogP contribution in [0.5, 0.6) is 0 Å². The molecule has 2 rings (SSSR count). The van der Waals surface area contributed by atoms with Gasteiger partial charge in [-0.1, -0.05) is 32.8 Å². The molecule has 1 amide bonds. The zero-order chi connectivity index (χ0) is 15.1. The van der Waals surface area contributed by atoms with Crippen molar-refractivity contribution < 1.29 is 4.79 Å². The van der Waals surface area contributed by atoms with Crippen molar-refractivity contribution in [2.45, 2.75) is 46.0 Å². The van der Waals surface area contributed by atoms with Crippen molar-refractivity contribution in [3.05, 3.63) is 23.9 Å². The summed E-state index contributed by atoms with van der Waals surface area (Å²) in [5.74, 6) is 1.67. The van der Waals surface area contributed by atoms with E-state index in [4.69, 9.17) is 0 Å². The first-order chi connectivity index (χ1) is 10.2. The summed E-state index contributed by atoms with van der Waals surface area (Å²) in [7, 11) is 0. The molecule has 0 radical (unpaired) electrons. The third-order valence-corrected chi connectivity index (χ3v) is 4.12. The molecule has 0 atom stereocenters. The maximum atomic E-state index is 12.5. The Morgan fingerprint density at radius 1 is 1.29 bits per heavy atom. The summed E-state index contributed by atoms with van der Waals surface area (Å²) in [6.45, 7) is 6.97. The van der Waals surface area contributed by atoms with Crippen LogP contribution < -0.4 is 5.32 Å². The Hall–Kier alpha value is -1.58. The van der Waals surface area contributed by atoms with E-state index in [2.05, 4.69) is 24.1 Å². The van der Waals surface area contributed by atoms with Crippen LogP contribution in [0.1, 0.15) is 56.4 Å². The second-order valence-electron chi connectivity index (χ2n) is 5.86. The third-order valence-electron chi connectivity index (χ3n) is 4.12. The van der Waals surface area contributed by atoms with Gasteiger partial charge in [-0.2, -0.15) is 0 Å². The number of carbonyl (C=O) groups is 1. The maximum Gasteiger partial charge on any atom is 0.272 e. The van der Waals surface area contributed by atoms with Gasteiger partial charge in [0, 0.05) is 19.6 Å². The smallest absolute Gasteiger partial charge is 0.272 e. The minimum absolute atomic E-state index is 0.0742. The number of piperidine rings is 1. The lowest BCUT2D eigenvalue weighted by molar-refractivity contribution is 0.0681. The van der Waals surface area contributed by atoms with E-state index in [1.165, 1.54) is 12.8 Å². The average molecular weight is 289 g/mol. The summed E-state index contributed by atoms with van der Waals surface area (Å²) >= 11 is 0. The molecule has 1 aromatic rings. The van der Waals surface area contributed by atoms with Crippen LogP contribution in [0, 0.1) is 5.92 Å². The summed E-state index contributed by atoms with van der Waals surface area (Å²) in [6.07, 6.45) is 5.84. The number of nitrogens with one attached hydrogen (secondary N) is 1. The van der Waals surface area contributed by atoms with E-state index in [1.54, 1.807) is 0 Å². The Morgan fingerprint density at radius 2 is 2.05 bits per heavy atom. The van der Waals surface area contributed by atoms with Crippen LogP contribution in [-0.4, -0.2) is 35.4 Å². The number of amides is 1. The lowest BCUT2D eigenvalue weighted by atomic mass is 9.92. The molecule has 2 heterocycles. The molecule has 0 bridgehead atoms. The quantitative estimate of drug-likeness (QED) is 0.871. The highest BCUT2D eigenvalue weighted by molar-refractivity contribution is 5.92. The molecule has 116 valence electrons. The van der Waals surface area contributed by atoms with E-state index in [9.17, 15) is 4.79 Å². The molecular weight excluding hydrogens is 262 g/mol. The van der Waals surface area contributed by atoms with Gasteiger partial charge < -0.3 is 10.2 Å². The molecule has 4 heteroatoms. The van der Waals surface area contributed by atoms with Crippen LogP contribution in [-0.2, 0) is 0 Å². The van der Waals surface area contributed by atoms with Crippen LogP contribution in [0.15, 0.2) is 18.2 Å². The Balaban J connectivity index is 1.94. The topological polar surface area (TPSA) is 45.2 Å². The Kier molecular flexibility index (Phi) is 6.03. The number of carbonyl (C=O) groups excluding carboxylic acids is 1. The Bertz CT molecular complexity index is 453. The fraction of sp³-hybridized carbons (Fsp3) is 0.647. The predicted molar refractivity (Wildman–Crippen MR) is 86.6 cm³/mol.